The quantitative estimate of drug-likeness (QED) is 0.778. The summed E-state index contributed by atoms with van der Waals surface area (Å²) >= 11 is 0. The third-order valence-electron chi connectivity index (χ3n) is 2.72. The van der Waals surface area contributed by atoms with Gasteiger partial charge in [0.15, 0.2) is 0 Å². The van der Waals surface area contributed by atoms with Gasteiger partial charge in [0.2, 0.25) is 0 Å². The average molecular weight is 312 g/mol. The van der Waals surface area contributed by atoms with Crippen LogP contribution >= 0.6 is 0 Å². The Hall–Kier alpha value is -1.04. The molecule has 0 bridgehead atoms. The molecule has 0 amide bonds. The Morgan fingerprint density at radius 2 is 1.95 bits per heavy atom. The number of benzene rings is 1. The summed E-state index contributed by atoms with van der Waals surface area (Å²) in [5.41, 5.74) is 1.23. The van der Waals surface area contributed by atoms with Crippen molar-refractivity contribution in [3.63, 3.8) is 0 Å². The molecule has 1 aromatic carbocycles. The minimum absolute atomic E-state index is 0. The molecule has 1 aromatic rings. The third kappa shape index (κ3) is 12.0. The molecule has 0 aliphatic rings. The van der Waals surface area contributed by atoms with Gasteiger partial charge in [0, 0.05) is 6.42 Å². The van der Waals surface area contributed by atoms with E-state index >= 15 is 0 Å². The first-order chi connectivity index (χ1) is 9.13. The van der Waals surface area contributed by atoms with Gasteiger partial charge >= 0.3 is 23.3 Å². The van der Waals surface area contributed by atoms with E-state index in [0.29, 0.717) is 0 Å². The Bertz CT molecular complexity index is 357. The minimum atomic E-state index is -0.717. The Labute approximate surface area is 134 Å². The van der Waals surface area contributed by atoms with Crippen molar-refractivity contribution in [3.8, 4) is 0 Å². The number of hydrogen-bond acceptors (Lipinski definition) is 1. The van der Waals surface area contributed by atoms with Gasteiger partial charge in [0.1, 0.15) is 0 Å². The molecule has 0 aromatic heterocycles. The van der Waals surface area contributed by atoms with Crippen LogP contribution in [0.15, 0.2) is 30.3 Å². The normalized spacial score (nSPS) is 11.2. The van der Waals surface area contributed by atoms with Crippen LogP contribution in [0.25, 0.3) is 6.08 Å². The van der Waals surface area contributed by atoms with Gasteiger partial charge in [-0.05, 0) is 0 Å². The first kappa shape index (κ1) is 21.3. The van der Waals surface area contributed by atoms with E-state index in [1.165, 1.54) is 5.56 Å². The van der Waals surface area contributed by atoms with Gasteiger partial charge in [-0.1, -0.05) is 44.4 Å². The Kier molecular flexibility index (Phi) is 15.3. The number of carboxylic acids is 1. The number of carbonyl (C=O) groups is 1. The Balaban J connectivity index is 0. The number of allylic oxidation sites excluding steroid dienone is 1. The Morgan fingerprint density at radius 3 is 2.30 bits per heavy atom. The maximum Gasteiger partial charge on any atom is 2.00 e. The van der Waals surface area contributed by atoms with Crippen molar-refractivity contribution in [1.29, 1.82) is 0 Å². The van der Waals surface area contributed by atoms with E-state index in [2.05, 4.69) is 32.1 Å². The van der Waals surface area contributed by atoms with Gasteiger partial charge in [0.25, 0.3) is 0 Å². The van der Waals surface area contributed by atoms with E-state index < -0.39 is 5.97 Å². The molecule has 3 heteroatoms. The summed E-state index contributed by atoms with van der Waals surface area (Å²) in [5, 5.41) is 8.32. The van der Waals surface area contributed by atoms with Crippen LogP contribution < -0.4 is 0 Å². The average Bonchev–Trinajstić information content (AvgIpc) is 2.44. The number of aliphatic carboxylic acids is 1. The van der Waals surface area contributed by atoms with E-state index in [1.54, 1.807) is 0 Å². The molecule has 110 valence electrons. The molecule has 0 saturated carbocycles. The largest absolute Gasteiger partial charge is 2.00 e. The number of carboxylic acid groups (broad SMARTS) is 1. The van der Waals surface area contributed by atoms with E-state index in [-0.39, 0.29) is 29.7 Å². The molecule has 20 heavy (non-hydrogen) atoms. The van der Waals surface area contributed by atoms with Gasteiger partial charge in [0.05, 0.1) is 0 Å². The predicted molar refractivity (Wildman–Crippen MR) is 80.4 cm³/mol. The van der Waals surface area contributed by atoms with Gasteiger partial charge in [-0.25, -0.2) is 6.08 Å². The first-order valence-electron chi connectivity index (χ1n) is 6.76. The maximum atomic E-state index is 10.1. The number of rotatable bonds is 6. The fourth-order valence-corrected chi connectivity index (χ4v) is 1.47. The van der Waals surface area contributed by atoms with Crippen molar-refractivity contribution >= 4 is 12.0 Å². The van der Waals surface area contributed by atoms with Crippen LogP contribution in [0, 0.1) is 18.9 Å². The summed E-state index contributed by atoms with van der Waals surface area (Å²) in [6.45, 7) is 7.71. The SMILES string of the molecule is CC[C-]=Cc1ccccc1.[CH2-]CC(CC)CC(=O)O.[Cr+2]. The van der Waals surface area contributed by atoms with E-state index in [4.69, 9.17) is 5.11 Å². The zero-order valence-corrected chi connectivity index (χ0v) is 13.6. The molecule has 0 saturated heterocycles. The minimum Gasteiger partial charge on any atom is -0.481 e. The Morgan fingerprint density at radius 1 is 1.35 bits per heavy atom. The monoisotopic (exact) mass is 312 g/mol. The zero-order valence-electron chi connectivity index (χ0n) is 12.3. The van der Waals surface area contributed by atoms with Gasteiger partial charge in [-0.3, -0.25) is 10.9 Å². The van der Waals surface area contributed by atoms with Crippen LogP contribution in [-0.4, -0.2) is 11.1 Å². The van der Waals surface area contributed by atoms with Gasteiger partial charge in [-0.15, -0.1) is 18.6 Å². The molecule has 0 fully saturated rings. The van der Waals surface area contributed by atoms with Crippen molar-refractivity contribution in [3.05, 3.63) is 48.9 Å². The van der Waals surface area contributed by atoms with E-state index in [0.717, 1.165) is 19.3 Å². The van der Waals surface area contributed by atoms with Gasteiger partial charge in [-0.2, -0.15) is 12.0 Å². The molecule has 0 spiro atoms. The molecule has 1 unspecified atom stereocenters. The summed E-state index contributed by atoms with van der Waals surface area (Å²) in [6.07, 6.45) is 8.04. The number of hydrogen-bond donors (Lipinski definition) is 1. The van der Waals surface area contributed by atoms with E-state index in [1.807, 2.05) is 31.2 Å². The van der Waals surface area contributed by atoms with Crippen LogP contribution in [0.4, 0.5) is 0 Å². The fourth-order valence-electron chi connectivity index (χ4n) is 1.47. The van der Waals surface area contributed by atoms with Crippen molar-refractivity contribution < 1.29 is 27.3 Å². The summed E-state index contributed by atoms with van der Waals surface area (Å²) < 4.78 is 0. The molecule has 2 nitrogen and oxygen atoms in total. The molecule has 0 radical (unpaired) electrons. The topological polar surface area (TPSA) is 37.3 Å². The van der Waals surface area contributed by atoms with Crippen LogP contribution in [0.3, 0.4) is 0 Å². The second-order valence-corrected chi connectivity index (χ2v) is 4.27. The zero-order chi connectivity index (χ0) is 14.5. The summed E-state index contributed by atoms with van der Waals surface area (Å²) in [6, 6.07) is 10.2. The maximum absolute atomic E-state index is 10.1. The van der Waals surface area contributed by atoms with Crippen molar-refractivity contribution in [2.45, 2.75) is 39.5 Å². The van der Waals surface area contributed by atoms with E-state index in [9.17, 15) is 4.79 Å². The predicted octanol–water partition coefficient (Wildman–Crippen LogP) is 4.62. The molecule has 0 aliphatic heterocycles. The van der Waals surface area contributed by atoms with Crippen molar-refractivity contribution in [2.24, 2.45) is 5.92 Å². The molecular formula is C17H24CrO2. The molecule has 1 rings (SSSR count). The summed E-state index contributed by atoms with van der Waals surface area (Å²) in [5.74, 6) is -0.451. The molecule has 1 atom stereocenters. The standard InChI is InChI=1S/C10H11.C7H13O2.Cr/c1-2-3-7-10-8-5-4-6-9-10;1-3-6(4-2)5-7(8)9;/h4-9H,2H2,1H3;6H,1,3-5H2,2H3,(H,8,9);/q2*-1;+2. The molecular weight excluding hydrogens is 288 g/mol. The summed E-state index contributed by atoms with van der Waals surface area (Å²) in [7, 11) is 0. The molecule has 0 heterocycles. The van der Waals surface area contributed by atoms with Crippen molar-refractivity contribution in [2.75, 3.05) is 0 Å². The van der Waals surface area contributed by atoms with Crippen LogP contribution in [0.2, 0.25) is 0 Å². The van der Waals surface area contributed by atoms with Crippen LogP contribution in [0.1, 0.15) is 45.1 Å². The smallest absolute Gasteiger partial charge is 0.481 e. The van der Waals surface area contributed by atoms with Crippen LogP contribution in [0.5, 0.6) is 0 Å². The third-order valence-corrected chi connectivity index (χ3v) is 2.72. The second kappa shape index (κ2) is 14.4. The molecule has 1 N–H and O–H groups in total. The molecule has 0 aliphatic carbocycles. The van der Waals surface area contributed by atoms with Crippen LogP contribution in [-0.2, 0) is 22.2 Å². The summed E-state index contributed by atoms with van der Waals surface area (Å²) in [4.78, 5) is 10.1. The van der Waals surface area contributed by atoms with Crippen molar-refractivity contribution in [1.82, 2.24) is 0 Å². The second-order valence-electron chi connectivity index (χ2n) is 4.27. The fraction of sp³-hybridized carbons (Fsp3) is 0.412. The first-order valence-corrected chi connectivity index (χ1v) is 6.76. The van der Waals surface area contributed by atoms with Gasteiger partial charge < -0.3 is 12.0 Å².